The summed E-state index contributed by atoms with van der Waals surface area (Å²) in [6, 6.07) is 10.1. The van der Waals surface area contributed by atoms with E-state index in [0.717, 1.165) is 18.1 Å². The Hall–Kier alpha value is -2.11. The maximum absolute atomic E-state index is 5.98. The summed E-state index contributed by atoms with van der Waals surface area (Å²) in [4.78, 5) is 4.27. The molecule has 1 aromatic carbocycles. The average Bonchev–Trinajstić information content (AvgIpc) is 3.13. The first-order valence-electron chi connectivity index (χ1n) is 6.70. The third kappa shape index (κ3) is 2.99. The lowest BCUT2D eigenvalue weighted by Crippen LogP contribution is -2.17. The highest BCUT2D eigenvalue weighted by Crippen LogP contribution is 2.14. The van der Waals surface area contributed by atoms with E-state index >= 15 is 0 Å². The standard InChI is InChI=1S/C15H16ClN5/c1-20-14(16)10-18-15(20)11-17-9-12-5-2-3-6-13(12)21-8-4-7-19-21/h2-8,10,17H,9,11H2,1H3. The molecule has 3 aromatic rings. The maximum Gasteiger partial charge on any atom is 0.128 e. The minimum Gasteiger partial charge on any atom is -0.321 e. The highest BCUT2D eigenvalue weighted by Gasteiger charge is 2.06. The Morgan fingerprint density at radius 2 is 2.05 bits per heavy atom. The van der Waals surface area contributed by atoms with Crippen LogP contribution in [-0.2, 0) is 20.1 Å². The fourth-order valence-corrected chi connectivity index (χ4v) is 2.34. The highest BCUT2D eigenvalue weighted by atomic mass is 35.5. The smallest absolute Gasteiger partial charge is 0.128 e. The number of hydrogen-bond acceptors (Lipinski definition) is 3. The number of para-hydroxylation sites is 1. The maximum atomic E-state index is 5.98. The first kappa shape index (κ1) is 13.9. The molecule has 0 radical (unpaired) electrons. The summed E-state index contributed by atoms with van der Waals surface area (Å²) in [5.74, 6) is 0.913. The van der Waals surface area contributed by atoms with Crippen molar-refractivity contribution in [2.75, 3.05) is 0 Å². The number of benzene rings is 1. The second-order valence-corrected chi connectivity index (χ2v) is 5.13. The van der Waals surface area contributed by atoms with Crippen LogP contribution in [-0.4, -0.2) is 19.3 Å². The molecule has 0 saturated heterocycles. The van der Waals surface area contributed by atoms with Crippen molar-refractivity contribution in [1.29, 1.82) is 0 Å². The minimum atomic E-state index is 0.642. The monoisotopic (exact) mass is 301 g/mol. The van der Waals surface area contributed by atoms with Crippen LogP contribution >= 0.6 is 11.6 Å². The molecule has 5 nitrogen and oxygen atoms in total. The molecule has 2 heterocycles. The van der Waals surface area contributed by atoms with Crippen molar-refractivity contribution in [2.45, 2.75) is 13.1 Å². The van der Waals surface area contributed by atoms with Crippen LogP contribution in [0.25, 0.3) is 5.69 Å². The quantitative estimate of drug-likeness (QED) is 0.788. The zero-order valence-electron chi connectivity index (χ0n) is 11.7. The Morgan fingerprint density at radius 1 is 1.19 bits per heavy atom. The minimum absolute atomic E-state index is 0.642. The Morgan fingerprint density at radius 3 is 2.76 bits per heavy atom. The number of aromatic nitrogens is 4. The molecule has 0 fully saturated rings. The molecule has 0 saturated carbocycles. The molecule has 0 spiro atoms. The fourth-order valence-electron chi connectivity index (χ4n) is 2.19. The van der Waals surface area contributed by atoms with E-state index in [9.17, 15) is 0 Å². The van der Waals surface area contributed by atoms with Crippen LogP contribution in [0, 0.1) is 0 Å². The van der Waals surface area contributed by atoms with Crippen LogP contribution in [0.15, 0.2) is 48.9 Å². The molecule has 0 aliphatic heterocycles. The molecule has 1 N–H and O–H groups in total. The van der Waals surface area contributed by atoms with Gasteiger partial charge in [0.1, 0.15) is 11.0 Å². The van der Waals surface area contributed by atoms with Crippen molar-refractivity contribution >= 4 is 11.6 Å². The topological polar surface area (TPSA) is 47.7 Å². The predicted octanol–water partition coefficient (Wildman–Crippen LogP) is 2.55. The Balaban J connectivity index is 1.70. The molecule has 0 unspecified atom stereocenters. The van der Waals surface area contributed by atoms with Gasteiger partial charge < -0.3 is 9.88 Å². The van der Waals surface area contributed by atoms with Gasteiger partial charge in [0.05, 0.1) is 18.4 Å². The molecular formula is C15H16ClN5. The van der Waals surface area contributed by atoms with E-state index in [2.05, 4.69) is 27.5 Å². The summed E-state index contributed by atoms with van der Waals surface area (Å²) in [7, 11) is 1.91. The van der Waals surface area contributed by atoms with Crippen LogP contribution in [0.1, 0.15) is 11.4 Å². The Bertz CT molecular complexity index is 718. The largest absolute Gasteiger partial charge is 0.321 e. The van der Waals surface area contributed by atoms with Gasteiger partial charge in [0, 0.05) is 26.0 Å². The molecular weight excluding hydrogens is 286 g/mol. The Labute approximate surface area is 128 Å². The molecule has 0 atom stereocenters. The summed E-state index contributed by atoms with van der Waals surface area (Å²) in [5, 5.41) is 8.32. The van der Waals surface area contributed by atoms with E-state index in [1.54, 1.807) is 12.4 Å². The molecule has 0 aliphatic carbocycles. The van der Waals surface area contributed by atoms with E-state index in [0.29, 0.717) is 11.7 Å². The molecule has 0 amide bonds. The van der Waals surface area contributed by atoms with Crippen molar-refractivity contribution in [2.24, 2.45) is 7.05 Å². The fraction of sp³-hybridized carbons (Fsp3) is 0.200. The van der Waals surface area contributed by atoms with Crippen LogP contribution in [0.4, 0.5) is 0 Å². The van der Waals surface area contributed by atoms with E-state index in [1.807, 2.05) is 40.7 Å². The number of nitrogens with zero attached hydrogens (tertiary/aromatic N) is 4. The number of hydrogen-bond donors (Lipinski definition) is 1. The summed E-state index contributed by atoms with van der Waals surface area (Å²) in [6.45, 7) is 1.40. The van der Waals surface area contributed by atoms with Crippen LogP contribution in [0.3, 0.4) is 0 Å². The zero-order valence-corrected chi connectivity index (χ0v) is 12.5. The summed E-state index contributed by atoms with van der Waals surface area (Å²) >= 11 is 5.98. The average molecular weight is 302 g/mol. The van der Waals surface area contributed by atoms with Crippen molar-refractivity contribution in [3.8, 4) is 5.69 Å². The zero-order chi connectivity index (χ0) is 14.7. The van der Waals surface area contributed by atoms with Gasteiger partial charge in [-0.2, -0.15) is 5.10 Å². The van der Waals surface area contributed by atoms with E-state index in [4.69, 9.17) is 11.6 Å². The lowest BCUT2D eigenvalue weighted by Gasteiger charge is -2.10. The second kappa shape index (κ2) is 6.11. The summed E-state index contributed by atoms with van der Waals surface area (Å²) in [6.07, 6.45) is 5.38. The first-order chi connectivity index (χ1) is 10.3. The third-order valence-electron chi connectivity index (χ3n) is 3.37. The summed E-state index contributed by atoms with van der Waals surface area (Å²) < 4.78 is 3.74. The van der Waals surface area contributed by atoms with Gasteiger partial charge in [0.25, 0.3) is 0 Å². The molecule has 0 aliphatic rings. The van der Waals surface area contributed by atoms with Crippen molar-refractivity contribution in [1.82, 2.24) is 24.6 Å². The second-order valence-electron chi connectivity index (χ2n) is 4.74. The van der Waals surface area contributed by atoms with Gasteiger partial charge in [-0.15, -0.1) is 0 Å². The number of nitrogens with one attached hydrogen (secondary N) is 1. The molecule has 108 valence electrons. The molecule has 21 heavy (non-hydrogen) atoms. The number of rotatable bonds is 5. The Kier molecular flexibility index (Phi) is 4.03. The third-order valence-corrected chi connectivity index (χ3v) is 3.72. The summed E-state index contributed by atoms with van der Waals surface area (Å²) in [5.41, 5.74) is 2.26. The van der Waals surface area contributed by atoms with Crippen LogP contribution in [0.5, 0.6) is 0 Å². The lowest BCUT2D eigenvalue weighted by atomic mass is 10.2. The highest BCUT2D eigenvalue weighted by molar-refractivity contribution is 6.29. The van der Waals surface area contributed by atoms with Gasteiger partial charge in [-0.05, 0) is 17.7 Å². The number of imidazole rings is 1. The van der Waals surface area contributed by atoms with Crippen LogP contribution in [0.2, 0.25) is 5.15 Å². The molecule has 0 bridgehead atoms. The van der Waals surface area contributed by atoms with E-state index in [-0.39, 0.29) is 0 Å². The van der Waals surface area contributed by atoms with E-state index in [1.165, 1.54) is 5.56 Å². The molecule has 3 rings (SSSR count). The van der Waals surface area contributed by atoms with Gasteiger partial charge in [-0.25, -0.2) is 9.67 Å². The van der Waals surface area contributed by atoms with Crippen molar-refractivity contribution in [3.05, 3.63) is 65.5 Å². The van der Waals surface area contributed by atoms with Gasteiger partial charge >= 0.3 is 0 Å². The van der Waals surface area contributed by atoms with Gasteiger partial charge in [-0.3, -0.25) is 0 Å². The van der Waals surface area contributed by atoms with E-state index < -0.39 is 0 Å². The van der Waals surface area contributed by atoms with Gasteiger partial charge in [-0.1, -0.05) is 29.8 Å². The first-order valence-corrected chi connectivity index (χ1v) is 7.08. The van der Waals surface area contributed by atoms with Gasteiger partial charge in [0.2, 0.25) is 0 Å². The molecule has 2 aromatic heterocycles. The van der Waals surface area contributed by atoms with Crippen molar-refractivity contribution in [3.63, 3.8) is 0 Å². The lowest BCUT2D eigenvalue weighted by molar-refractivity contribution is 0.636. The SMILES string of the molecule is Cn1c(Cl)cnc1CNCc1ccccc1-n1cccn1. The van der Waals surface area contributed by atoms with Gasteiger partial charge in [0.15, 0.2) is 0 Å². The predicted molar refractivity (Wildman–Crippen MR) is 82.3 cm³/mol. The van der Waals surface area contributed by atoms with Crippen molar-refractivity contribution < 1.29 is 0 Å². The number of halogens is 1. The van der Waals surface area contributed by atoms with Crippen LogP contribution < -0.4 is 5.32 Å². The normalized spacial score (nSPS) is 11.0. The molecule has 6 heteroatoms.